The second-order valence-corrected chi connectivity index (χ2v) is 11.1. The number of thioether (sulfide) groups is 1. The van der Waals surface area contributed by atoms with Crippen molar-refractivity contribution in [2.75, 3.05) is 37.9 Å². The second kappa shape index (κ2) is 10.4. The maximum Gasteiger partial charge on any atom is 0.321 e. The van der Waals surface area contributed by atoms with E-state index >= 15 is 0 Å². The number of carboxylic acids is 1. The standard InChI is InChI=1S/C28H28N4O6S/c1-37-18-3-4-21-19(9-18)20-6-15(13-38-24(20)10-29-21)11-32-12-17(8-23(32)28(35)36)30-27(34)16-2-5-25-22(7-16)31-26(33)14-39-25/h2-5,7,9-10,15,17,23H,6,8,11-14H2,1H3,(H,30,34)(H,31,33)(H,35,36). The van der Waals surface area contributed by atoms with Gasteiger partial charge in [-0.05, 0) is 49.2 Å². The highest BCUT2D eigenvalue weighted by Gasteiger charge is 2.39. The van der Waals surface area contributed by atoms with Gasteiger partial charge in [-0.15, -0.1) is 11.8 Å². The molecule has 0 bridgehead atoms. The summed E-state index contributed by atoms with van der Waals surface area (Å²) in [6.07, 6.45) is 2.78. The highest BCUT2D eigenvalue weighted by molar-refractivity contribution is 8.00. The minimum atomic E-state index is -0.906. The number of carboxylic acid groups (broad SMARTS) is 1. The number of hydrogen-bond acceptors (Lipinski definition) is 8. The zero-order valence-electron chi connectivity index (χ0n) is 21.3. The van der Waals surface area contributed by atoms with Gasteiger partial charge in [0, 0.05) is 46.5 Å². The summed E-state index contributed by atoms with van der Waals surface area (Å²) >= 11 is 1.43. The molecule has 1 aromatic heterocycles. The molecule has 0 radical (unpaired) electrons. The van der Waals surface area contributed by atoms with E-state index in [-0.39, 0.29) is 23.8 Å². The molecule has 3 aliphatic rings. The molecule has 4 heterocycles. The fourth-order valence-electron chi connectivity index (χ4n) is 5.63. The van der Waals surface area contributed by atoms with Crippen LogP contribution in [0, 0.1) is 5.92 Å². The molecular weight excluding hydrogens is 520 g/mol. The average Bonchev–Trinajstić information content (AvgIpc) is 3.34. The Balaban J connectivity index is 1.15. The second-order valence-electron chi connectivity index (χ2n) is 10.1. The Morgan fingerprint density at radius 2 is 2.15 bits per heavy atom. The minimum absolute atomic E-state index is 0.0763. The van der Waals surface area contributed by atoms with Crippen LogP contribution in [0.3, 0.4) is 0 Å². The number of carbonyl (C=O) groups excluding carboxylic acids is 2. The number of aliphatic carboxylic acids is 1. The first-order valence-corrected chi connectivity index (χ1v) is 13.8. The number of aromatic nitrogens is 1. The van der Waals surface area contributed by atoms with Gasteiger partial charge in [-0.2, -0.15) is 0 Å². The number of likely N-dealkylation sites (tertiary alicyclic amines) is 1. The van der Waals surface area contributed by atoms with Crippen molar-refractivity contribution in [1.82, 2.24) is 15.2 Å². The van der Waals surface area contributed by atoms with Gasteiger partial charge in [-0.3, -0.25) is 24.3 Å². The highest BCUT2D eigenvalue weighted by atomic mass is 32.2. The maximum atomic E-state index is 13.0. The van der Waals surface area contributed by atoms with E-state index in [0.29, 0.717) is 43.1 Å². The van der Waals surface area contributed by atoms with Crippen molar-refractivity contribution in [3.05, 3.63) is 53.7 Å². The van der Waals surface area contributed by atoms with Crippen LogP contribution in [-0.2, 0) is 16.0 Å². The van der Waals surface area contributed by atoms with Crippen LogP contribution in [0.2, 0.25) is 0 Å². The Morgan fingerprint density at radius 1 is 1.28 bits per heavy atom. The summed E-state index contributed by atoms with van der Waals surface area (Å²) in [5, 5.41) is 16.7. The van der Waals surface area contributed by atoms with Crippen LogP contribution >= 0.6 is 11.8 Å². The summed E-state index contributed by atoms with van der Waals surface area (Å²) in [5.41, 5.74) is 2.95. The molecule has 3 aromatic rings. The molecule has 0 spiro atoms. The number of carbonyl (C=O) groups is 3. The molecule has 10 nitrogen and oxygen atoms in total. The number of rotatable bonds is 6. The predicted molar refractivity (Wildman–Crippen MR) is 146 cm³/mol. The fourth-order valence-corrected chi connectivity index (χ4v) is 6.42. The average molecular weight is 549 g/mol. The smallest absolute Gasteiger partial charge is 0.321 e. The quantitative estimate of drug-likeness (QED) is 0.426. The molecule has 1 fully saturated rings. The number of hydrogen-bond donors (Lipinski definition) is 3. The van der Waals surface area contributed by atoms with Crippen molar-refractivity contribution in [2.45, 2.75) is 29.8 Å². The van der Waals surface area contributed by atoms with Crippen molar-refractivity contribution in [3.63, 3.8) is 0 Å². The molecular formula is C28H28N4O6S. The van der Waals surface area contributed by atoms with Gasteiger partial charge in [0.2, 0.25) is 5.91 Å². The van der Waals surface area contributed by atoms with E-state index in [0.717, 1.165) is 39.3 Å². The van der Waals surface area contributed by atoms with Gasteiger partial charge in [-0.25, -0.2) is 0 Å². The molecule has 1 saturated heterocycles. The molecule has 11 heteroatoms. The predicted octanol–water partition coefficient (Wildman–Crippen LogP) is 2.80. The number of fused-ring (bicyclic) bond motifs is 4. The summed E-state index contributed by atoms with van der Waals surface area (Å²) in [6.45, 7) is 1.41. The van der Waals surface area contributed by atoms with E-state index in [1.165, 1.54) is 11.8 Å². The summed E-state index contributed by atoms with van der Waals surface area (Å²) in [6, 6.07) is 9.95. The van der Waals surface area contributed by atoms with Gasteiger partial charge in [0.25, 0.3) is 5.91 Å². The maximum absolute atomic E-state index is 13.0. The molecule has 2 amide bonds. The van der Waals surface area contributed by atoms with Crippen LogP contribution in [-0.4, -0.2) is 77.4 Å². The largest absolute Gasteiger partial charge is 0.497 e. The van der Waals surface area contributed by atoms with Gasteiger partial charge in [-0.1, -0.05) is 0 Å². The third kappa shape index (κ3) is 5.11. The Kier molecular flexibility index (Phi) is 6.78. The number of pyridine rings is 1. The van der Waals surface area contributed by atoms with Gasteiger partial charge < -0.3 is 25.2 Å². The zero-order chi connectivity index (χ0) is 27.1. The number of methoxy groups -OCH3 is 1. The van der Waals surface area contributed by atoms with Crippen LogP contribution in [0.1, 0.15) is 22.3 Å². The summed E-state index contributed by atoms with van der Waals surface area (Å²) < 4.78 is 11.4. The number of amides is 2. The lowest BCUT2D eigenvalue weighted by molar-refractivity contribution is -0.142. The Morgan fingerprint density at radius 3 is 2.97 bits per heavy atom. The molecule has 3 aliphatic heterocycles. The van der Waals surface area contributed by atoms with Gasteiger partial charge >= 0.3 is 5.97 Å². The molecule has 3 N–H and O–H groups in total. The molecule has 2 aromatic carbocycles. The topological polar surface area (TPSA) is 130 Å². The number of benzene rings is 2. The monoisotopic (exact) mass is 548 g/mol. The third-order valence-electron chi connectivity index (χ3n) is 7.51. The summed E-state index contributed by atoms with van der Waals surface area (Å²) in [7, 11) is 1.63. The van der Waals surface area contributed by atoms with Gasteiger partial charge in [0.15, 0.2) is 0 Å². The van der Waals surface area contributed by atoms with E-state index in [4.69, 9.17) is 9.47 Å². The number of anilines is 1. The van der Waals surface area contributed by atoms with E-state index in [1.54, 1.807) is 25.4 Å². The van der Waals surface area contributed by atoms with E-state index in [2.05, 4.69) is 15.6 Å². The molecule has 0 aliphatic carbocycles. The normalized spacial score (nSPS) is 22.4. The number of nitrogens with zero attached hydrogens (tertiary/aromatic N) is 2. The Labute approximate surface area is 229 Å². The summed E-state index contributed by atoms with van der Waals surface area (Å²) in [4.78, 5) is 44.2. The number of nitrogens with one attached hydrogen (secondary N) is 2. The van der Waals surface area contributed by atoms with Crippen molar-refractivity contribution in [3.8, 4) is 11.5 Å². The van der Waals surface area contributed by atoms with Crippen LogP contribution in [0.5, 0.6) is 11.5 Å². The van der Waals surface area contributed by atoms with Gasteiger partial charge in [0.1, 0.15) is 17.5 Å². The lowest BCUT2D eigenvalue weighted by Crippen LogP contribution is -2.42. The molecule has 39 heavy (non-hydrogen) atoms. The third-order valence-corrected chi connectivity index (χ3v) is 8.58. The van der Waals surface area contributed by atoms with Crippen LogP contribution in [0.15, 0.2) is 47.5 Å². The molecule has 0 saturated carbocycles. The van der Waals surface area contributed by atoms with E-state index < -0.39 is 12.0 Å². The van der Waals surface area contributed by atoms with Crippen LogP contribution in [0.25, 0.3) is 10.9 Å². The first-order chi connectivity index (χ1) is 18.9. The molecule has 3 atom stereocenters. The fraction of sp³-hybridized carbons (Fsp3) is 0.357. The molecule has 6 rings (SSSR count). The Hall–Kier alpha value is -3.83. The summed E-state index contributed by atoms with van der Waals surface area (Å²) in [5.74, 6) is 0.618. The minimum Gasteiger partial charge on any atom is -0.497 e. The first kappa shape index (κ1) is 25.4. The number of ether oxygens (including phenoxy) is 2. The van der Waals surface area contributed by atoms with E-state index in [1.807, 2.05) is 29.2 Å². The lowest BCUT2D eigenvalue weighted by Gasteiger charge is -2.31. The zero-order valence-corrected chi connectivity index (χ0v) is 22.1. The van der Waals surface area contributed by atoms with Crippen molar-refractivity contribution in [2.24, 2.45) is 5.92 Å². The SMILES string of the molecule is COc1ccc2ncc3c(c2c1)CC(CN1CC(NC(=O)c2ccc4c(c2)NC(=O)CS4)CC1C(=O)O)CO3. The van der Waals surface area contributed by atoms with E-state index in [9.17, 15) is 19.5 Å². The van der Waals surface area contributed by atoms with Crippen molar-refractivity contribution >= 4 is 46.1 Å². The molecule has 3 unspecified atom stereocenters. The van der Waals surface area contributed by atoms with Crippen LogP contribution in [0.4, 0.5) is 5.69 Å². The van der Waals surface area contributed by atoms with Crippen molar-refractivity contribution < 1.29 is 29.0 Å². The van der Waals surface area contributed by atoms with Crippen LogP contribution < -0.4 is 20.1 Å². The Bertz CT molecular complexity index is 1470. The van der Waals surface area contributed by atoms with Crippen molar-refractivity contribution in [1.29, 1.82) is 0 Å². The van der Waals surface area contributed by atoms with Gasteiger partial charge in [0.05, 0.1) is 36.9 Å². The first-order valence-electron chi connectivity index (χ1n) is 12.8. The molecule has 202 valence electrons. The highest BCUT2D eigenvalue weighted by Crippen LogP contribution is 2.35. The lowest BCUT2D eigenvalue weighted by atomic mass is 9.93.